The third-order valence-electron chi connectivity index (χ3n) is 5.71. The van der Waals surface area contributed by atoms with Crippen molar-refractivity contribution >= 4 is 11.7 Å². The molecule has 2 aliphatic rings. The van der Waals surface area contributed by atoms with Gasteiger partial charge in [-0.3, -0.25) is 9.89 Å². The number of aromatic amines is 1. The van der Waals surface area contributed by atoms with Crippen molar-refractivity contribution < 1.29 is 23.1 Å². The van der Waals surface area contributed by atoms with Crippen molar-refractivity contribution in [2.24, 2.45) is 11.3 Å². The number of carbonyl (C=O) groups is 1. The van der Waals surface area contributed by atoms with Crippen LogP contribution in [0.3, 0.4) is 0 Å². The maximum atomic E-state index is 13.5. The van der Waals surface area contributed by atoms with Crippen LogP contribution in [0.2, 0.25) is 0 Å². The standard InChI is InChI=1S/C17H24F3N3O2/c1-15(2,3)10-6-4-9(5-7-10)13-12-14(23-22-13)21-11(24)8-16(12,25)17(18,19)20/h9-10,25H,4-8H2,1-3H3,(H2,21,22,23,24). The Labute approximate surface area is 144 Å². The van der Waals surface area contributed by atoms with E-state index in [4.69, 9.17) is 0 Å². The Morgan fingerprint density at radius 3 is 2.28 bits per heavy atom. The number of fused-ring (bicyclic) bond motifs is 1. The van der Waals surface area contributed by atoms with Gasteiger partial charge in [-0.1, -0.05) is 20.8 Å². The molecule has 3 rings (SSSR count). The van der Waals surface area contributed by atoms with Crippen LogP contribution in [-0.2, 0) is 10.4 Å². The number of hydrogen-bond donors (Lipinski definition) is 3. The van der Waals surface area contributed by atoms with E-state index in [0.29, 0.717) is 11.6 Å². The number of hydrogen-bond acceptors (Lipinski definition) is 3. The largest absolute Gasteiger partial charge is 0.422 e. The third-order valence-corrected chi connectivity index (χ3v) is 5.71. The van der Waals surface area contributed by atoms with Gasteiger partial charge in [0.1, 0.15) is 0 Å². The van der Waals surface area contributed by atoms with Crippen molar-refractivity contribution in [2.75, 3.05) is 5.32 Å². The summed E-state index contributed by atoms with van der Waals surface area (Å²) in [6.45, 7) is 6.52. The van der Waals surface area contributed by atoms with Gasteiger partial charge < -0.3 is 10.4 Å². The summed E-state index contributed by atoms with van der Waals surface area (Å²) in [5, 5.41) is 19.2. The molecule has 2 heterocycles. The highest BCUT2D eigenvalue weighted by atomic mass is 19.4. The number of aromatic nitrogens is 2. The second-order valence-corrected chi connectivity index (χ2v) is 8.36. The first-order valence-corrected chi connectivity index (χ1v) is 8.61. The molecule has 1 unspecified atom stereocenters. The highest BCUT2D eigenvalue weighted by molar-refractivity contribution is 5.94. The van der Waals surface area contributed by atoms with Crippen LogP contribution in [-0.4, -0.2) is 27.4 Å². The average molecular weight is 359 g/mol. The van der Waals surface area contributed by atoms with Crippen LogP contribution in [0, 0.1) is 11.3 Å². The number of carbonyl (C=O) groups excluding carboxylic acids is 1. The van der Waals surface area contributed by atoms with E-state index in [0.717, 1.165) is 25.7 Å². The Hall–Kier alpha value is -1.57. The molecule has 1 atom stereocenters. The van der Waals surface area contributed by atoms with E-state index >= 15 is 0 Å². The molecule has 1 aliphatic carbocycles. The van der Waals surface area contributed by atoms with Crippen LogP contribution in [0.15, 0.2) is 0 Å². The van der Waals surface area contributed by atoms with Crippen molar-refractivity contribution in [3.05, 3.63) is 11.3 Å². The van der Waals surface area contributed by atoms with Gasteiger partial charge >= 0.3 is 6.18 Å². The van der Waals surface area contributed by atoms with Crippen LogP contribution in [0.1, 0.15) is 70.1 Å². The molecule has 25 heavy (non-hydrogen) atoms. The van der Waals surface area contributed by atoms with Crippen molar-refractivity contribution in [1.82, 2.24) is 10.2 Å². The number of anilines is 1. The maximum Gasteiger partial charge on any atom is 0.422 e. The Bertz CT molecular complexity index is 670. The highest BCUT2D eigenvalue weighted by Gasteiger charge is 2.61. The molecule has 0 saturated heterocycles. The van der Waals surface area contributed by atoms with Crippen LogP contribution >= 0.6 is 0 Å². The zero-order chi connectivity index (χ0) is 18.6. The predicted octanol–water partition coefficient (Wildman–Crippen LogP) is 3.82. The van der Waals surface area contributed by atoms with Gasteiger partial charge in [0.15, 0.2) is 11.4 Å². The first-order chi connectivity index (χ1) is 11.4. The minimum Gasteiger partial charge on any atom is -0.376 e. The Balaban J connectivity index is 1.93. The number of amides is 1. The Morgan fingerprint density at radius 1 is 1.16 bits per heavy atom. The monoisotopic (exact) mass is 359 g/mol. The number of rotatable bonds is 1. The van der Waals surface area contributed by atoms with Crippen LogP contribution in [0.25, 0.3) is 0 Å². The molecule has 1 aromatic heterocycles. The topological polar surface area (TPSA) is 78.0 Å². The fourth-order valence-corrected chi connectivity index (χ4v) is 4.15. The van der Waals surface area contributed by atoms with Crippen LogP contribution < -0.4 is 5.32 Å². The van der Waals surface area contributed by atoms with Crippen molar-refractivity contribution in [1.29, 1.82) is 0 Å². The van der Waals surface area contributed by atoms with Crippen molar-refractivity contribution in [3.63, 3.8) is 0 Å². The van der Waals surface area contributed by atoms with Gasteiger partial charge in [-0.25, -0.2) is 0 Å². The quantitative estimate of drug-likeness (QED) is 0.713. The molecule has 0 spiro atoms. The molecule has 5 nitrogen and oxygen atoms in total. The number of halogens is 3. The molecular formula is C17H24F3N3O2. The second kappa shape index (κ2) is 5.72. The summed E-state index contributed by atoms with van der Waals surface area (Å²) in [5.74, 6) is -0.701. The number of H-pyrrole nitrogens is 1. The lowest BCUT2D eigenvalue weighted by Gasteiger charge is -2.38. The Kier molecular flexibility index (Phi) is 4.17. The molecule has 1 amide bonds. The summed E-state index contributed by atoms with van der Waals surface area (Å²) >= 11 is 0. The van der Waals surface area contributed by atoms with Crippen molar-refractivity contribution in [2.45, 2.75) is 70.6 Å². The van der Waals surface area contributed by atoms with E-state index in [1.54, 1.807) is 0 Å². The second-order valence-electron chi connectivity index (χ2n) is 8.36. The SMILES string of the molecule is CC(C)(C)C1CCC(c2[nH]nc3c2C(O)(C(F)(F)F)CC(=O)N3)CC1. The molecule has 0 aromatic carbocycles. The minimum absolute atomic E-state index is 0.126. The van der Waals surface area contributed by atoms with E-state index in [-0.39, 0.29) is 22.7 Å². The smallest absolute Gasteiger partial charge is 0.376 e. The average Bonchev–Trinajstić information content (AvgIpc) is 2.89. The van der Waals surface area contributed by atoms with E-state index < -0.39 is 24.1 Å². The van der Waals surface area contributed by atoms with Gasteiger partial charge in [-0.05, 0) is 37.0 Å². The van der Waals surface area contributed by atoms with Gasteiger partial charge in [0, 0.05) is 11.6 Å². The first kappa shape index (κ1) is 18.2. The number of nitrogens with one attached hydrogen (secondary N) is 2. The van der Waals surface area contributed by atoms with Crippen LogP contribution in [0.5, 0.6) is 0 Å². The highest BCUT2D eigenvalue weighted by Crippen LogP contribution is 2.51. The molecule has 1 saturated carbocycles. The fourth-order valence-electron chi connectivity index (χ4n) is 4.15. The minimum atomic E-state index is -4.94. The van der Waals surface area contributed by atoms with Gasteiger partial charge in [-0.2, -0.15) is 18.3 Å². The van der Waals surface area contributed by atoms with Gasteiger partial charge in [0.25, 0.3) is 0 Å². The molecule has 8 heteroatoms. The lowest BCUT2D eigenvalue weighted by molar-refractivity contribution is -0.267. The molecule has 1 aromatic rings. The van der Waals surface area contributed by atoms with Crippen LogP contribution in [0.4, 0.5) is 19.0 Å². The fraction of sp³-hybridized carbons (Fsp3) is 0.765. The zero-order valence-corrected chi connectivity index (χ0v) is 14.6. The van der Waals surface area contributed by atoms with Gasteiger partial charge in [0.05, 0.1) is 12.0 Å². The van der Waals surface area contributed by atoms with Gasteiger partial charge in [-0.15, -0.1) is 0 Å². The van der Waals surface area contributed by atoms with E-state index in [9.17, 15) is 23.1 Å². The summed E-state index contributed by atoms with van der Waals surface area (Å²) in [7, 11) is 0. The predicted molar refractivity (Wildman–Crippen MR) is 85.9 cm³/mol. The van der Waals surface area contributed by atoms with E-state index in [2.05, 4.69) is 36.3 Å². The zero-order valence-electron chi connectivity index (χ0n) is 14.6. The summed E-state index contributed by atoms with van der Waals surface area (Å²) in [4.78, 5) is 11.6. The molecule has 140 valence electrons. The molecule has 1 fully saturated rings. The maximum absolute atomic E-state index is 13.5. The summed E-state index contributed by atoms with van der Waals surface area (Å²) in [6.07, 6.45) is -2.68. The number of nitrogens with zero attached hydrogens (tertiary/aromatic N) is 1. The third kappa shape index (κ3) is 3.05. The summed E-state index contributed by atoms with van der Waals surface area (Å²) < 4.78 is 40.6. The van der Waals surface area contributed by atoms with Crippen molar-refractivity contribution in [3.8, 4) is 0 Å². The molecule has 0 bridgehead atoms. The summed E-state index contributed by atoms with van der Waals surface area (Å²) in [6, 6.07) is 0. The molecule has 3 N–H and O–H groups in total. The van der Waals surface area contributed by atoms with E-state index in [1.807, 2.05) is 0 Å². The Morgan fingerprint density at radius 2 is 1.76 bits per heavy atom. The lowest BCUT2D eigenvalue weighted by atomic mass is 9.68. The van der Waals surface area contributed by atoms with Gasteiger partial charge in [0.2, 0.25) is 5.91 Å². The lowest BCUT2D eigenvalue weighted by Crippen LogP contribution is -2.48. The first-order valence-electron chi connectivity index (χ1n) is 8.61. The number of alkyl halides is 3. The normalized spacial score (nSPS) is 30.8. The summed E-state index contributed by atoms with van der Waals surface area (Å²) in [5.41, 5.74) is -3.02. The van der Waals surface area contributed by atoms with E-state index in [1.165, 1.54) is 0 Å². The molecule has 0 radical (unpaired) electrons. The molecular weight excluding hydrogens is 335 g/mol. The molecule has 1 aliphatic heterocycles. The number of aliphatic hydroxyl groups is 1.